The van der Waals surface area contributed by atoms with Gasteiger partial charge in [-0.2, -0.15) is 0 Å². The van der Waals surface area contributed by atoms with Crippen LogP contribution < -0.4 is 5.32 Å². The fraction of sp³-hybridized carbons (Fsp3) is 0.333. The normalized spacial score (nSPS) is 9.43. The Morgan fingerprint density at radius 2 is 2.21 bits per heavy atom. The maximum absolute atomic E-state index is 12.4. The molecule has 5 heteroatoms. The summed E-state index contributed by atoms with van der Waals surface area (Å²) in [6.45, 7) is 0.720. The molecule has 1 aromatic rings. The number of halogens is 1. The van der Waals surface area contributed by atoms with Gasteiger partial charge in [-0.1, -0.05) is 5.92 Å². The summed E-state index contributed by atoms with van der Waals surface area (Å²) < 4.78 is 12.4. The van der Waals surface area contributed by atoms with E-state index >= 15 is 0 Å². The predicted octanol–water partition coefficient (Wildman–Crippen LogP) is 1.39. The Morgan fingerprint density at radius 3 is 2.86 bits per heavy atom. The number of terminal acetylenes is 1. The average molecular weight is 211 g/mol. The van der Waals surface area contributed by atoms with Crippen LogP contribution in [0.5, 0.6) is 0 Å². The lowest BCUT2D eigenvalue weighted by molar-refractivity contribution is 0.614. The highest BCUT2D eigenvalue weighted by Crippen LogP contribution is 2.00. The summed E-state index contributed by atoms with van der Waals surface area (Å²) in [7, 11) is 0. The molecule has 0 saturated heterocycles. The Labute approximate surface area is 86.5 Å². The van der Waals surface area contributed by atoms with Gasteiger partial charge in [-0.3, -0.25) is 0 Å². The van der Waals surface area contributed by atoms with Crippen molar-refractivity contribution in [2.24, 2.45) is 0 Å². The Bertz CT molecular complexity index is 307. The van der Waals surface area contributed by atoms with Crippen LogP contribution in [-0.2, 0) is 0 Å². The van der Waals surface area contributed by atoms with Gasteiger partial charge in [-0.25, -0.2) is 14.4 Å². The van der Waals surface area contributed by atoms with Crippen molar-refractivity contribution in [3.8, 4) is 12.3 Å². The van der Waals surface area contributed by atoms with Crippen molar-refractivity contribution in [1.82, 2.24) is 9.97 Å². The standard InChI is InChI=1S/C9H10FN3S/c1-2-4-14-5-3-11-9-12-6-8(10)7-13-9/h1,6-7H,3-5H2,(H,11,12,13). The average Bonchev–Trinajstić information content (AvgIpc) is 2.21. The van der Waals surface area contributed by atoms with E-state index in [4.69, 9.17) is 6.42 Å². The van der Waals surface area contributed by atoms with Gasteiger partial charge in [0.05, 0.1) is 18.1 Å². The molecule has 0 radical (unpaired) electrons. The van der Waals surface area contributed by atoms with Crippen LogP contribution in [0, 0.1) is 18.2 Å². The molecule has 0 aliphatic rings. The van der Waals surface area contributed by atoms with E-state index in [1.54, 1.807) is 11.8 Å². The molecule has 0 amide bonds. The van der Waals surface area contributed by atoms with Crippen molar-refractivity contribution in [2.75, 3.05) is 23.4 Å². The van der Waals surface area contributed by atoms with Crippen LogP contribution >= 0.6 is 11.8 Å². The molecule has 0 saturated carbocycles. The first-order valence-corrected chi connectivity index (χ1v) is 5.21. The van der Waals surface area contributed by atoms with Gasteiger partial charge in [0.15, 0.2) is 5.82 Å². The molecule has 0 unspecified atom stereocenters. The number of rotatable bonds is 5. The summed E-state index contributed by atoms with van der Waals surface area (Å²) in [5.74, 6) is 4.11. The highest BCUT2D eigenvalue weighted by atomic mass is 32.2. The van der Waals surface area contributed by atoms with Crippen LogP contribution in [0.2, 0.25) is 0 Å². The third-order valence-corrected chi connectivity index (χ3v) is 2.20. The summed E-state index contributed by atoms with van der Waals surface area (Å²) in [6.07, 6.45) is 7.34. The second kappa shape index (κ2) is 6.22. The van der Waals surface area contributed by atoms with Crippen LogP contribution in [0.15, 0.2) is 12.4 Å². The van der Waals surface area contributed by atoms with E-state index in [0.717, 1.165) is 24.7 Å². The van der Waals surface area contributed by atoms with Gasteiger partial charge in [0, 0.05) is 12.3 Å². The number of nitrogens with one attached hydrogen (secondary N) is 1. The maximum atomic E-state index is 12.4. The summed E-state index contributed by atoms with van der Waals surface area (Å²) in [5, 5.41) is 2.95. The zero-order chi connectivity index (χ0) is 10.2. The van der Waals surface area contributed by atoms with Crippen molar-refractivity contribution in [1.29, 1.82) is 0 Å². The van der Waals surface area contributed by atoms with Crippen molar-refractivity contribution in [3.05, 3.63) is 18.2 Å². The minimum atomic E-state index is -0.433. The minimum Gasteiger partial charge on any atom is -0.353 e. The van der Waals surface area contributed by atoms with Crippen molar-refractivity contribution in [2.45, 2.75) is 0 Å². The van der Waals surface area contributed by atoms with E-state index < -0.39 is 5.82 Å². The smallest absolute Gasteiger partial charge is 0.222 e. The molecule has 3 nitrogen and oxygen atoms in total. The van der Waals surface area contributed by atoms with E-state index in [0.29, 0.717) is 11.7 Å². The SMILES string of the molecule is C#CCSCCNc1ncc(F)cn1. The minimum absolute atomic E-state index is 0.433. The Balaban J connectivity index is 2.19. The largest absolute Gasteiger partial charge is 0.353 e. The lowest BCUT2D eigenvalue weighted by Crippen LogP contribution is -2.07. The summed E-state index contributed by atoms with van der Waals surface area (Å²) in [6, 6.07) is 0. The van der Waals surface area contributed by atoms with Gasteiger partial charge in [0.2, 0.25) is 5.95 Å². The van der Waals surface area contributed by atoms with Crippen LogP contribution in [0.1, 0.15) is 0 Å². The molecule has 0 aliphatic carbocycles. The van der Waals surface area contributed by atoms with E-state index in [1.165, 1.54) is 0 Å². The molecule has 0 spiro atoms. The molecule has 1 heterocycles. The van der Waals surface area contributed by atoms with E-state index in [9.17, 15) is 4.39 Å². The lowest BCUT2D eigenvalue weighted by Gasteiger charge is -2.02. The number of hydrogen-bond acceptors (Lipinski definition) is 4. The third-order valence-electron chi connectivity index (χ3n) is 1.34. The molecule has 0 atom stereocenters. The maximum Gasteiger partial charge on any atom is 0.222 e. The monoisotopic (exact) mass is 211 g/mol. The fourth-order valence-corrected chi connectivity index (χ4v) is 1.28. The van der Waals surface area contributed by atoms with Gasteiger partial charge in [-0.05, 0) is 0 Å². The number of hydrogen-bond donors (Lipinski definition) is 1. The second-order valence-corrected chi connectivity index (χ2v) is 3.51. The zero-order valence-corrected chi connectivity index (χ0v) is 8.35. The number of thioether (sulfide) groups is 1. The lowest BCUT2D eigenvalue weighted by atomic mass is 10.6. The number of nitrogens with zero attached hydrogens (tertiary/aromatic N) is 2. The quantitative estimate of drug-likeness (QED) is 0.590. The van der Waals surface area contributed by atoms with Gasteiger partial charge < -0.3 is 5.32 Å². The van der Waals surface area contributed by atoms with Crippen molar-refractivity contribution >= 4 is 17.7 Å². The first kappa shape index (κ1) is 10.8. The number of aromatic nitrogens is 2. The van der Waals surface area contributed by atoms with Crippen molar-refractivity contribution < 1.29 is 4.39 Å². The summed E-state index contributed by atoms with van der Waals surface area (Å²) in [4.78, 5) is 7.50. The number of anilines is 1. The van der Waals surface area contributed by atoms with E-state index in [2.05, 4.69) is 21.2 Å². The van der Waals surface area contributed by atoms with Gasteiger partial charge in [0.1, 0.15) is 0 Å². The Morgan fingerprint density at radius 1 is 1.50 bits per heavy atom. The molecule has 0 fully saturated rings. The molecular formula is C9H10FN3S. The topological polar surface area (TPSA) is 37.8 Å². The van der Waals surface area contributed by atoms with Crippen LogP contribution in [0.25, 0.3) is 0 Å². The molecule has 0 aliphatic heterocycles. The molecule has 1 aromatic heterocycles. The third kappa shape index (κ3) is 4.10. The fourth-order valence-electron chi connectivity index (χ4n) is 0.770. The second-order valence-electron chi connectivity index (χ2n) is 2.41. The first-order valence-electron chi connectivity index (χ1n) is 4.05. The summed E-state index contributed by atoms with van der Waals surface area (Å²) >= 11 is 1.65. The molecular weight excluding hydrogens is 201 g/mol. The summed E-state index contributed by atoms with van der Waals surface area (Å²) in [5.41, 5.74) is 0. The predicted molar refractivity (Wildman–Crippen MR) is 56.6 cm³/mol. The molecule has 14 heavy (non-hydrogen) atoms. The van der Waals surface area contributed by atoms with Crippen LogP contribution in [-0.4, -0.2) is 28.0 Å². The Kier molecular flexibility index (Phi) is 4.79. The highest BCUT2D eigenvalue weighted by molar-refractivity contribution is 7.99. The van der Waals surface area contributed by atoms with Gasteiger partial charge in [0.25, 0.3) is 0 Å². The molecule has 1 rings (SSSR count). The first-order chi connectivity index (χ1) is 6.83. The van der Waals surface area contributed by atoms with Crippen molar-refractivity contribution in [3.63, 3.8) is 0 Å². The van der Waals surface area contributed by atoms with Gasteiger partial charge in [-0.15, -0.1) is 18.2 Å². The molecule has 1 N–H and O–H groups in total. The Hall–Kier alpha value is -1.28. The molecule has 74 valence electrons. The van der Waals surface area contributed by atoms with Crippen LogP contribution in [0.3, 0.4) is 0 Å². The zero-order valence-electron chi connectivity index (χ0n) is 7.53. The van der Waals surface area contributed by atoms with E-state index in [-0.39, 0.29) is 0 Å². The highest BCUT2D eigenvalue weighted by Gasteiger charge is 1.95. The molecule has 0 aromatic carbocycles. The van der Waals surface area contributed by atoms with Gasteiger partial charge >= 0.3 is 0 Å². The van der Waals surface area contributed by atoms with E-state index in [1.807, 2.05) is 0 Å². The van der Waals surface area contributed by atoms with Crippen LogP contribution in [0.4, 0.5) is 10.3 Å². The molecule has 0 bridgehead atoms.